The molecule has 2 N–H and O–H groups in total. The molecule has 0 saturated heterocycles. The number of benzene rings is 4. The normalized spacial score (nSPS) is 12.1. The third kappa shape index (κ3) is 8.28. The molecule has 0 spiro atoms. The Labute approximate surface area is 252 Å². The number of carbonyl (C=O) groups excluding carboxylic acids is 2. The molecule has 218 valence electrons. The van der Waals surface area contributed by atoms with Crippen LogP contribution in [-0.2, 0) is 32.7 Å². The summed E-state index contributed by atoms with van der Waals surface area (Å²) in [5, 5.41) is 6.16. The summed E-state index contributed by atoms with van der Waals surface area (Å²) in [6, 6.07) is 31.0. The van der Waals surface area contributed by atoms with Gasteiger partial charge in [-0.3, -0.25) is 9.59 Å². The smallest absolute Gasteiger partial charge is 0.243 e. The van der Waals surface area contributed by atoms with Gasteiger partial charge in [0.25, 0.3) is 0 Å². The van der Waals surface area contributed by atoms with Gasteiger partial charge in [0.15, 0.2) is 0 Å². The maximum absolute atomic E-state index is 13.9. The van der Waals surface area contributed by atoms with Crippen molar-refractivity contribution in [2.24, 2.45) is 0 Å². The molecule has 4 aromatic rings. The molecule has 9 heteroatoms. The van der Waals surface area contributed by atoms with E-state index in [4.69, 9.17) is 11.6 Å². The minimum absolute atomic E-state index is 0.0983. The number of hydrogen-bond donors (Lipinski definition) is 2. The largest absolute Gasteiger partial charge is 0.352 e. The van der Waals surface area contributed by atoms with Crippen molar-refractivity contribution in [1.82, 2.24) is 14.9 Å². The maximum Gasteiger partial charge on any atom is 0.243 e. The summed E-state index contributed by atoms with van der Waals surface area (Å²) in [7, 11) is -4.01. The molecular formula is C33H34ClN3O4S. The van der Waals surface area contributed by atoms with Crippen molar-refractivity contribution >= 4 is 33.4 Å². The molecule has 42 heavy (non-hydrogen) atoms. The van der Waals surface area contributed by atoms with Crippen LogP contribution in [0.1, 0.15) is 36.5 Å². The minimum atomic E-state index is -4.01. The van der Waals surface area contributed by atoms with E-state index >= 15 is 0 Å². The van der Waals surface area contributed by atoms with Crippen molar-refractivity contribution < 1.29 is 18.0 Å². The van der Waals surface area contributed by atoms with E-state index in [9.17, 15) is 18.0 Å². The topological polar surface area (TPSA) is 95.6 Å². The fourth-order valence-electron chi connectivity index (χ4n) is 4.51. The fourth-order valence-corrected chi connectivity index (χ4v) is 6.24. The first-order chi connectivity index (χ1) is 20.1. The Morgan fingerprint density at radius 2 is 1.36 bits per heavy atom. The van der Waals surface area contributed by atoms with Gasteiger partial charge in [0.05, 0.1) is 11.4 Å². The number of carbonyl (C=O) groups is 2. The third-order valence-electron chi connectivity index (χ3n) is 6.90. The first-order valence-electron chi connectivity index (χ1n) is 13.6. The first kappa shape index (κ1) is 31.0. The Morgan fingerprint density at radius 3 is 1.95 bits per heavy atom. The van der Waals surface area contributed by atoms with Crippen molar-refractivity contribution in [2.45, 2.75) is 37.8 Å². The van der Waals surface area contributed by atoms with Crippen molar-refractivity contribution in [3.8, 4) is 11.1 Å². The van der Waals surface area contributed by atoms with E-state index in [0.717, 1.165) is 27.8 Å². The first-order valence-corrected chi connectivity index (χ1v) is 15.4. The second-order valence-electron chi connectivity index (χ2n) is 10.1. The van der Waals surface area contributed by atoms with Crippen LogP contribution in [0.25, 0.3) is 11.1 Å². The third-order valence-corrected chi connectivity index (χ3v) is 9.05. The SMILES string of the molecule is CC(=O)NCc1ccc(CNC(=O)CN(CC(C)c2ccccc2)S(=O)(=O)c2ccc(-c3ccccc3Cl)cc2)cc1. The lowest BCUT2D eigenvalue weighted by atomic mass is 10.0. The molecule has 0 fully saturated rings. The van der Waals surface area contributed by atoms with Gasteiger partial charge in [-0.25, -0.2) is 8.42 Å². The summed E-state index contributed by atoms with van der Waals surface area (Å²) < 4.78 is 29.0. The second kappa shape index (κ2) is 14.3. The van der Waals surface area contributed by atoms with Crippen LogP contribution < -0.4 is 10.6 Å². The Kier molecular flexibility index (Phi) is 10.5. The Bertz CT molecular complexity index is 1610. The van der Waals surface area contributed by atoms with Gasteiger partial charge in [0, 0.05) is 37.1 Å². The van der Waals surface area contributed by atoms with Crippen LogP contribution in [-0.4, -0.2) is 37.6 Å². The Hall–Kier alpha value is -3.98. The van der Waals surface area contributed by atoms with Gasteiger partial charge in [-0.05, 0) is 46.4 Å². The summed E-state index contributed by atoms with van der Waals surface area (Å²) in [4.78, 5) is 24.3. The van der Waals surface area contributed by atoms with Crippen molar-refractivity contribution in [2.75, 3.05) is 13.1 Å². The molecule has 7 nitrogen and oxygen atoms in total. The summed E-state index contributed by atoms with van der Waals surface area (Å²) in [5.41, 5.74) is 4.38. The van der Waals surface area contributed by atoms with Gasteiger partial charge in [0.2, 0.25) is 21.8 Å². The number of nitrogens with zero attached hydrogens (tertiary/aromatic N) is 1. The quantitative estimate of drug-likeness (QED) is 0.215. The molecule has 0 aliphatic rings. The van der Waals surface area contributed by atoms with Gasteiger partial charge in [-0.1, -0.05) is 103 Å². The summed E-state index contributed by atoms with van der Waals surface area (Å²) in [5.74, 6) is -0.662. The van der Waals surface area contributed by atoms with Crippen molar-refractivity contribution in [3.63, 3.8) is 0 Å². The zero-order valence-corrected chi connectivity index (χ0v) is 25.2. The van der Waals surface area contributed by atoms with Gasteiger partial charge in [-0.15, -0.1) is 0 Å². The van der Waals surface area contributed by atoms with E-state index in [0.29, 0.717) is 11.6 Å². The fraction of sp³-hybridized carbons (Fsp3) is 0.212. The predicted octanol–water partition coefficient (Wildman–Crippen LogP) is 5.75. The Morgan fingerprint density at radius 1 is 0.786 bits per heavy atom. The molecule has 2 amide bonds. The van der Waals surface area contributed by atoms with Gasteiger partial charge >= 0.3 is 0 Å². The monoisotopic (exact) mass is 603 g/mol. The van der Waals surface area contributed by atoms with Crippen LogP contribution in [0.15, 0.2) is 108 Å². The van der Waals surface area contributed by atoms with E-state index < -0.39 is 15.9 Å². The van der Waals surface area contributed by atoms with Crippen LogP contribution in [0, 0.1) is 0 Å². The van der Waals surface area contributed by atoms with Crippen LogP contribution in [0.4, 0.5) is 0 Å². The minimum Gasteiger partial charge on any atom is -0.352 e. The molecule has 0 bridgehead atoms. The molecule has 0 aliphatic carbocycles. The highest BCUT2D eigenvalue weighted by Crippen LogP contribution is 2.29. The second-order valence-corrected chi connectivity index (χ2v) is 12.5. The van der Waals surface area contributed by atoms with Crippen LogP contribution in [0.5, 0.6) is 0 Å². The molecule has 0 saturated carbocycles. The number of hydrogen-bond acceptors (Lipinski definition) is 4. The molecular weight excluding hydrogens is 570 g/mol. The van der Waals surface area contributed by atoms with Crippen molar-refractivity contribution in [1.29, 1.82) is 0 Å². The maximum atomic E-state index is 13.9. The molecule has 0 radical (unpaired) electrons. The molecule has 4 aromatic carbocycles. The summed E-state index contributed by atoms with van der Waals surface area (Å²) >= 11 is 6.33. The van der Waals surface area contributed by atoms with Crippen molar-refractivity contribution in [3.05, 3.63) is 125 Å². The Balaban J connectivity index is 1.50. The standard InChI is InChI=1S/C33H34ClN3O4S/c1-24(28-8-4-3-5-9-28)22-37(23-33(39)36-21-27-14-12-26(13-15-27)20-35-25(2)38)42(40,41)30-18-16-29(17-19-30)31-10-6-7-11-32(31)34/h3-19,24H,20-23H2,1-2H3,(H,35,38)(H,36,39). The number of nitrogens with one attached hydrogen (secondary N) is 2. The summed E-state index contributed by atoms with van der Waals surface area (Å²) in [6.45, 7) is 3.88. The highest BCUT2D eigenvalue weighted by atomic mass is 35.5. The zero-order chi connectivity index (χ0) is 30.1. The molecule has 0 aliphatic heterocycles. The van der Waals surface area contributed by atoms with Crippen LogP contribution in [0.3, 0.4) is 0 Å². The predicted molar refractivity (Wildman–Crippen MR) is 166 cm³/mol. The summed E-state index contributed by atoms with van der Waals surface area (Å²) in [6.07, 6.45) is 0. The van der Waals surface area contributed by atoms with E-state index in [1.807, 2.05) is 79.7 Å². The lowest BCUT2D eigenvalue weighted by Crippen LogP contribution is -2.42. The highest BCUT2D eigenvalue weighted by Gasteiger charge is 2.28. The van der Waals surface area contributed by atoms with Gasteiger partial charge in [0.1, 0.15) is 0 Å². The van der Waals surface area contributed by atoms with Crippen LogP contribution >= 0.6 is 11.6 Å². The van der Waals surface area contributed by atoms with E-state index in [1.54, 1.807) is 30.3 Å². The number of halogens is 1. The molecule has 0 aromatic heterocycles. The molecule has 4 rings (SSSR count). The van der Waals surface area contributed by atoms with E-state index in [-0.39, 0.29) is 36.4 Å². The van der Waals surface area contributed by atoms with Gasteiger partial charge < -0.3 is 10.6 Å². The molecule has 1 unspecified atom stereocenters. The lowest BCUT2D eigenvalue weighted by molar-refractivity contribution is -0.121. The lowest BCUT2D eigenvalue weighted by Gasteiger charge is -2.25. The molecule has 1 atom stereocenters. The molecule has 0 heterocycles. The number of rotatable bonds is 12. The zero-order valence-electron chi connectivity index (χ0n) is 23.6. The van der Waals surface area contributed by atoms with E-state index in [2.05, 4.69) is 10.6 Å². The number of sulfonamides is 1. The van der Waals surface area contributed by atoms with E-state index in [1.165, 1.54) is 11.2 Å². The average Bonchev–Trinajstić information content (AvgIpc) is 3.00. The highest BCUT2D eigenvalue weighted by molar-refractivity contribution is 7.89. The van der Waals surface area contributed by atoms with Crippen LogP contribution in [0.2, 0.25) is 5.02 Å². The number of amides is 2. The van der Waals surface area contributed by atoms with Gasteiger partial charge in [-0.2, -0.15) is 4.31 Å². The average molecular weight is 604 g/mol.